The van der Waals surface area contributed by atoms with Crippen molar-refractivity contribution in [2.45, 2.75) is 78.5 Å². The van der Waals surface area contributed by atoms with Crippen LogP contribution in [-0.4, -0.2) is 46.7 Å². The Morgan fingerprint density at radius 3 is 2.31 bits per heavy atom. The molecular formula is C28H39N3O4. The molecule has 0 aliphatic carbocycles. The van der Waals surface area contributed by atoms with Crippen molar-refractivity contribution in [3.05, 3.63) is 65.2 Å². The first kappa shape index (κ1) is 26.7. The molecule has 1 saturated heterocycles. The lowest BCUT2D eigenvalue weighted by molar-refractivity contribution is -0.158. The molecule has 2 aromatic carbocycles. The van der Waals surface area contributed by atoms with Crippen LogP contribution in [0.1, 0.15) is 63.6 Å². The minimum Gasteiger partial charge on any atom is -0.476 e. The molecule has 190 valence electrons. The third-order valence-electron chi connectivity index (χ3n) is 6.13. The summed E-state index contributed by atoms with van der Waals surface area (Å²) in [6, 6.07) is 16.0. The van der Waals surface area contributed by atoms with E-state index in [1.165, 1.54) is 11.1 Å². The number of ether oxygens (including phenoxy) is 2. The summed E-state index contributed by atoms with van der Waals surface area (Å²) < 4.78 is 10.9. The van der Waals surface area contributed by atoms with E-state index >= 15 is 0 Å². The molecule has 0 spiro atoms. The molecule has 1 atom stereocenters. The predicted molar refractivity (Wildman–Crippen MR) is 136 cm³/mol. The van der Waals surface area contributed by atoms with Gasteiger partial charge in [0.25, 0.3) is 5.91 Å². The predicted octanol–water partition coefficient (Wildman–Crippen LogP) is 4.58. The first-order valence-corrected chi connectivity index (χ1v) is 12.6. The summed E-state index contributed by atoms with van der Waals surface area (Å²) in [4.78, 5) is 25.1. The molecule has 1 aliphatic heterocycles. The van der Waals surface area contributed by atoms with Gasteiger partial charge in [-0.2, -0.15) is 5.53 Å². The number of hydrogen-bond donors (Lipinski definition) is 1. The van der Waals surface area contributed by atoms with Gasteiger partial charge in [-0.25, -0.2) is 9.80 Å². The van der Waals surface area contributed by atoms with Crippen LogP contribution >= 0.6 is 0 Å². The van der Waals surface area contributed by atoms with Crippen LogP contribution in [0.3, 0.4) is 0 Å². The second kappa shape index (κ2) is 12.2. The number of nitrogens with one attached hydrogen (secondary N) is 1. The van der Waals surface area contributed by atoms with Gasteiger partial charge in [-0.05, 0) is 70.2 Å². The summed E-state index contributed by atoms with van der Waals surface area (Å²) in [6.45, 7) is 11.0. The van der Waals surface area contributed by atoms with E-state index in [4.69, 9.17) is 9.47 Å². The third kappa shape index (κ3) is 7.29. The van der Waals surface area contributed by atoms with Crippen LogP contribution in [0, 0.1) is 6.92 Å². The highest BCUT2D eigenvalue weighted by molar-refractivity contribution is 5.83. The zero-order valence-electron chi connectivity index (χ0n) is 21.7. The summed E-state index contributed by atoms with van der Waals surface area (Å²) in [7, 11) is 0. The molecule has 1 fully saturated rings. The van der Waals surface area contributed by atoms with Crippen LogP contribution in [0.15, 0.2) is 48.5 Å². The molecule has 1 amide bonds. The second-order valence-corrected chi connectivity index (χ2v) is 9.59. The van der Waals surface area contributed by atoms with Gasteiger partial charge >= 0.3 is 5.97 Å². The Balaban J connectivity index is 1.53. The lowest BCUT2D eigenvalue weighted by Crippen LogP contribution is -2.42. The molecule has 0 saturated carbocycles. The summed E-state index contributed by atoms with van der Waals surface area (Å²) >= 11 is 0. The number of hydrogen-bond acceptors (Lipinski definition) is 6. The highest BCUT2D eigenvalue weighted by Crippen LogP contribution is 2.22. The van der Waals surface area contributed by atoms with Crippen LogP contribution in [-0.2, 0) is 27.3 Å². The van der Waals surface area contributed by atoms with Crippen molar-refractivity contribution < 1.29 is 19.1 Å². The van der Waals surface area contributed by atoms with Crippen LogP contribution in [0.2, 0.25) is 0 Å². The monoisotopic (exact) mass is 481 g/mol. The van der Waals surface area contributed by atoms with Gasteiger partial charge in [0.1, 0.15) is 11.8 Å². The van der Waals surface area contributed by atoms with E-state index in [1.807, 2.05) is 24.3 Å². The van der Waals surface area contributed by atoms with Crippen LogP contribution in [0.5, 0.6) is 5.75 Å². The van der Waals surface area contributed by atoms with Gasteiger partial charge < -0.3 is 9.47 Å². The largest absolute Gasteiger partial charge is 0.476 e. The van der Waals surface area contributed by atoms with E-state index in [2.05, 4.69) is 48.7 Å². The van der Waals surface area contributed by atoms with Gasteiger partial charge in [0.15, 0.2) is 5.60 Å². The molecule has 35 heavy (non-hydrogen) atoms. The standard InChI is InChI=1S/C28H39N3O4/c1-6-9-25-26(32)31(20-23-13-11-21(3)12-14-23)29-30(25)19-8-10-22-15-17-24(18-16-22)35-28(4,5)27(33)34-7-2/h11-18,25,29H,6-10,19-20H2,1-5H3. The van der Waals surface area contributed by atoms with Crippen molar-refractivity contribution in [3.8, 4) is 5.75 Å². The van der Waals surface area contributed by atoms with Crippen molar-refractivity contribution in [1.82, 2.24) is 15.6 Å². The van der Waals surface area contributed by atoms with Crippen molar-refractivity contribution >= 4 is 11.9 Å². The Morgan fingerprint density at radius 2 is 1.69 bits per heavy atom. The molecule has 1 heterocycles. The average molecular weight is 482 g/mol. The quantitative estimate of drug-likeness (QED) is 0.448. The molecule has 0 radical (unpaired) electrons. The third-order valence-corrected chi connectivity index (χ3v) is 6.13. The normalized spacial score (nSPS) is 16.5. The van der Waals surface area contributed by atoms with Crippen LogP contribution in [0.25, 0.3) is 0 Å². The number of hydrazine groups is 2. The fourth-order valence-corrected chi connectivity index (χ4v) is 4.15. The van der Waals surface area contributed by atoms with Crippen LogP contribution < -0.4 is 10.3 Å². The fourth-order valence-electron chi connectivity index (χ4n) is 4.15. The fraction of sp³-hybridized carbons (Fsp3) is 0.500. The van der Waals surface area contributed by atoms with Gasteiger partial charge in [0.05, 0.1) is 13.2 Å². The first-order chi connectivity index (χ1) is 16.7. The Bertz CT molecular complexity index is 973. The molecule has 7 nitrogen and oxygen atoms in total. The number of carbonyl (C=O) groups excluding carboxylic acids is 2. The van der Waals surface area contributed by atoms with E-state index in [9.17, 15) is 9.59 Å². The molecule has 2 aromatic rings. The average Bonchev–Trinajstić information content (AvgIpc) is 3.11. The van der Waals surface area contributed by atoms with E-state index < -0.39 is 5.60 Å². The van der Waals surface area contributed by atoms with Crippen molar-refractivity contribution in [1.29, 1.82) is 0 Å². The number of esters is 1. The number of amides is 1. The Labute approximate surface area is 209 Å². The number of benzene rings is 2. The maximum atomic E-state index is 13.0. The van der Waals surface area contributed by atoms with E-state index in [-0.39, 0.29) is 17.9 Å². The zero-order valence-corrected chi connectivity index (χ0v) is 21.7. The lowest BCUT2D eigenvalue weighted by Gasteiger charge is -2.24. The minimum atomic E-state index is -1.04. The van der Waals surface area contributed by atoms with E-state index in [1.54, 1.807) is 25.8 Å². The van der Waals surface area contributed by atoms with E-state index in [0.29, 0.717) is 18.9 Å². The topological polar surface area (TPSA) is 71.1 Å². The van der Waals surface area contributed by atoms with Crippen LogP contribution in [0.4, 0.5) is 0 Å². The van der Waals surface area contributed by atoms with Gasteiger partial charge in [0, 0.05) is 6.54 Å². The Morgan fingerprint density at radius 1 is 1.03 bits per heavy atom. The second-order valence-electron chi connectivity index (χ2n) is 9.59. The van der Waals surface area contributed by atoms with Gasteiger partial charge in [-0.15, -0.1) is 0 Å². The minimum absolute atomic E-state index is 0.133. The molecule has 0 aromatic heterocycles. The highest BCUT2D eigenvalue weighted by Gasteiger charge is 2.37. The summed E-state index contributed by atoms with van der Waals surface area (Å²) in [6.07, 6.45) is 3.58. The lowest BCUT2D eigenvalue weighted by atomic mass is 10.1. The summed E-state index contributed by atoms with van der Waals surface area (Å²) in [5, 5.41) is 3.82. The highest BCUT2D eigenvalue weighted by atomic mass is 16.6. The molecule has 1 aliphatic rings. The first-order valence-electron chi connectivity index (χ1n) is 12.6. The SMILES string of the molecule is CCCC1C(=O)N(Cc2ccc(C)cc2)NN1CCCc1ccc(OC(C)(C)C(=O)OCC)cc1. The maximum absolute atomic E-state index is 13.0. The number of nitrogens with zero attached hydrogens (tertiary/aromatic N) is 2. The summed E-state index contributed by atoms with van der Waals surface area (Å²) in [5.74, 6) is 0.390. The maximum Gasteiger partial charge on any atom is 0.349 e. The molecular weight excluding hydrogens is 442 g/mol. The van der Waals surface area contributed by atoms with Crippen molar-refractivity contribution in [2.24, 2.45) is 0 Å². The Hall–Kier alpha value is -2.90. The molecule has 7 heteroatoms. The smallest absolute Gasteiger partial charge is 0.349 e. The zero-order chi connectivity index (χ0) is 25.4. The van der Waals surface area contributed by atoms with Crippen molar-refractivity contribution in [3.63, 3.8) is 0 Å². The number of carbonyl (C=O) groups is 2. The van der Waals surface area contributed by atoms with Gasteiger partial charge in [-0.3, -0.25) is 9.80 Å². The van der Waals surface area contributed by atoms with Gasteiger partial charge in [0.2, 0.25) is 0 Å². The molecule has 0 bridgehead atoms. The number of rotatable bonds is 12. The van der Waals surface area contributed by atoms with Crippen molar-refractivity contribution in [2.75, 3.05) is 13.2 Å². The molecule has 1 N–H and O–H groups in total. The van der Waals surface area contributed by atoms with E-state index in [0.717, 1.165) is 37.8 Å². The van der Waals surface area contributed by atoms with Gasteiger partial charge in [-0.1, -0.05) is 55.3 Å². The summed E-state index contributed by atoms with van der Waals surface area (Å²) in [5.41, 5.74) is 5.80. The number of aryl methyl sites for hydroxylation is 2. The molecule has 1 unspecified atom stereocenters. The molecule has 3 rings (SSSR count). The Kier molecular flexibility index (Phi) is 9.29.